The molecule has 1 amide bonds. The third kappa shape index (κ3) is 3.77. The van der Waals surface area contributed by atoms with Crippen molar-refractivity contribution in [2.75, 3.05) is 26.2 Å². The highest BCUT2D eigenvalue weighted by Crippen LogP contribution is 2.25. The maximum absolute atomic E-state index is 12.9. The van der Waals surface area contributed by atoms with Crippen molar-refractivity contribution in [1.29, 1.82) is 0 Å². The summed E-state index contributed by atoms with van der Waals surface area (Å²) in [5.74, 6) is 0.496. The topological polar surface area (TPSA) is 62.6 Å². The van der Waals surface area contributed by atoms with E-state index in [2.05, 4.69) is 6.92 Å². The van der Waals surface area contributed by atoms with Crippen LogP contribution in [0.15, 0.2) is 17.2 Å². The Bertz CT molecular complexity index is 720. The second-order valence-electron chi connectivity index (χ2n) is 7.30. The molecule has 1 unspecified atom stereocenters. The first kappa shape index (κ1) is 18.5. The minimum Gasteiger partial charge on any atom is -0.345 e. The lowest BCUT2D eigenvalue weighted by Gasteiger charge is -2.32. The summed E-state index contributed by atoms with van der Waals surface area (Å²) < 4.78 is 28.9. The van der Waals surface area contributed by atoms with Crippen LogP contribution in [-0.4, -0.2) is 54.3 Å². The first-order valence-electron chi connectivity index (χ1n) is 9.39. The lowest BCUT2D eigenvalue weighted by atomic mass is 9.95. The van der Waals surface area contributed by atoms with Crippen LogP contribution in [0.1, 0.15) is 55.9 Å². The van der Waals surface area contributed by atoms with Gasteiger partial charge in [0, 0.05) is 39.4 Å². The van der Waals surface area contributed by atoms with Crippen molar-refractivity contribution < 1.29 is 13.2 Å². The van der Waals surface area contributed by atoms with Gasteiger partial charge in [0.1, 0.15) is 10.6 Å². The molecule has 0 N–H and O–H groups in total. The average Bonchev–Trinajstić information content (AvgIpc) is 3.04. The minimum absolute atomic E-state index is 0.0549. The molecule has 2 saturated heterocycles. The van der Waals surface area contributed by atoms with Gasteiger partial charge in [-0.15, -0.1) is 0 Å². The molecule has 3 rings (SSSR count). The third-order valence-corrected chi connectivity index (χ3v) is 7.40. The molecule has 0 bridgehead atoms. The smallest absolute Gasteiger partial charge is 0.270 e. The van der Waals surface area contributed by atoms with Gasteiger partial charge in [0.15, 0.2) is 0 Å². The van der Waals surface area contributed by atoms with Crippen LogP contribution < -0.4 is 0 Å². The Kier molecular flexibility index (Phi) is 5.53. The molecule has 0 saturated carbocycles. The number of carbonyl (C=O) groups is 1. The summed E-state index contributed by atoms with van der Waals surface area (Å²) in [6.07, 6.45) is 7.74. The highest BCUT2D eigenvalue weighted by Gasteiger charge is 2.30. The van der Waals surface area contributed by atoms with Crippen LogP contribution in [0.4, 0.5) is 0 Å². The molecule has 0 radical (unpaired) electrons. The van der Waals surface area contributed by atoms with Gasteiger partial charge in [0.2, 0.25) is 10.0 Å². The molecule has 7 heteroatoms. The van der Waals surface area contributed by atoms with Crippen molar-refractivity contribution in [2.45, 2.75) is 50.3 Å². The highest BCUT2D eigenvalue weighted by molar-refractivity contribution is 7.89. The standard InChI is InChI=1S/C18H29N3O3S/c1-3-15-8-7-9-20(13-15)18(22)17-12-16(14-19(17)2)25(23,24)21-10-5-4-6-11-21/h12,14-15H,3-11,13H2,1-2H3. The number of aromatic nitrogens is 1. The molecule has 3 heterocycles. The Morgan fingerprint density at radius 2 is 1.88 bits per heavy atom. The summed E-state index contributed by atoms with van der Waals surface area (Å²) in [7, 11) is -1.75. The Morgan fingerprint density at radius 1 is 1.16 bits per heavy atom. The fourth-order valence-electron chi connectivity index (χ4n) is 3.89. The molecule has 1 aromatic rings. The number of piperidine rings is 2. The summed E-state index contributed by atoms with van der Waals surface area (Å²) in [4.78, 5) is 15.0. The summed E-state index contributed by atoms with van der Waals surface area (Å²) in [6, 6.07) is 1.56. The van der Waals surface area contributed by atoms with Crippen molar-refractivity contribution in [1.82, 2.24) is 13.8 Å². The molecule has 2 aliphatic rings. The van der Waals surface area contributed by atoms with Crippen molar-refractivity contribution in [3.8, 4) is 0 Å². The van der Waals surface area contributed by atoms with Gasteiger partial charge in [-0.05, 0) is 37.7 Å². The number of likely N-dealkylation sites (tertiary alicyclic amines) is 1. The van der Waals surface area contributed by atoms with Gasteiger partial charge in [-0.3, -0.25) is 4.79 Å². The maximum atomic E-state index is 12.9. The first-order chi connectivity index (χ1) is 11.9. The van der Waals surface area contributed by atoms with Crippen LogP contribution in [-0.2, 0) is 17.1 Å². The van der Waals surface area contributed by atoms with E-state index in [1.807, 2.05) is 4.90 Å². The number of hydrogen-bond donors (Lipinski definition) is 0. The molecule has 0 aliphatic carbocycles. The Balaban J connectivity index is 1.81. The molecule has 0 spiro atoms. The van der Waals surface area contributed by atoms with E-state index >= 15 is 0 Å². The summed E-state index contributed by atoms with van der Waals surface area (Å²) >= 11 is 0. The van der Waals surface area contributed by atoms with Gasteiger partial charge in [-0.1, -0.05) is 19.8 Å². The largest absolute Gasteiger partial charge is 0.345 e. The molecular weight excluding hydrogens is 338 g/mol. The normalized spacial score (nSPS) is 23.0. The number of hydrogen-bond acceptors (Lipinski definition) is 3. The van der Waals surface area contributed by atoms with E-state index in [-0.39, 0.29) is 10.8 Å². The number of sulfonamides is 1. The first-order valence-corrected chi connectivity index (χ1v) is 10.8. The molecule has 2 fully saturated rings. The fraction of sp³-hybridized carbons (Fsp3) is 0.722. The number of carbonyl (C=O) groups excluding carboxylic acids is 1. The quantitative estimate of drug-likeness (QED) is 0.821. The summed E-state index contributed by atoms with van der Waals surface area (Å²) in [5, 5.41) is 0. The lowest BCUT2D eigenvalue weighted by Crippen LogP contribution is -2.40. The van der Waals surface area contributed by atoms with E-state index < -0.39 is 10.0 Å². The molecule has 2 aliphatic heterocycles. The van der Waals surface area contributed by atoms with E-state index in [0.717, 1.165) is 45.2 Å². The Morgan fingerprint density at radius 3 is 2.56 bits per heavy atom. The van der Waals surface area contributed by atoms with E-state index in [1.165, 1.54) is 6.42 Å². The van der Waals surface area contributed by atoms with Crippen molar-refractivity contribution in [3.63, 3.8) is 0 Å². The highest BCUT2D eigenvalue weighted by atomic mass is 32.2. The van der Waals surface area contributed by atoms with E-state index in [1.54, 1.807) is 28.2 Å². The van der Waals surface area contributed by atoms with Crippen molar-refractivity contribution in [2.24, 2.45) is 13.0 Å². The van der Waals surface area contributed by atoms with Gasteiger partial charge in [-0.25, -0.2) is 8.42 Å². The molecule has 1 aromatic heterocycles. The van der Waals surface area contributed by atoms with Gasteiger partial charge < -0.3 is 9.47 Å². The maximum Gasteiger partial charge on any atom is 0.270 e. The van der Waals surface area contributed by atoms with Crippen LogP contribution in [0.2, 0.25) is 0 Å². The third-order valence-electron chi connectivity index (χ3n) is 5.54. The van der Waals surface area contributed by atoms with Crippen LogP contribution >= 0.6 is 0 Å². The number of rotatable bonds is 4. The zero-order valence-electron chi connectivity index (χ0n) is 15.3. The Labute approximate surface area is 150 Å². The van der Waals surface area contributed by atoms with E-state index in [9.17, 15) is 13.2 Å². The zero-order chi connectivity index (χ0) is 18.0. The van der Waals surface area contributed by atoms with Crippen LogP contribution in [0.3, 0.4) is 0 Å². The van der Waals surface area contributed by atoms with Crippen molar-refractivity contribution in [3.05, 3.63) is 18.0 Å². The molecule has 140 valence electrons. The summed E-state index contributed by atoms with van der Waals surface area (Å²) in [6.45, 7) is 4.84. The van der Waals surface area contributed by atoms with Crippen LogP contribution in [0.25, 0.3) is 0 Å². The van der Waals surface area contributed by atoms with Crippen LogP contribution in [0, 0.1) is 5.92 Å². The predicted octanol–water partition coefficient (Wildman–Crippen LogP) is 2.46. The molecule has 0 aromatic carbocycles. The monoisotopic (exact) mass is 367 g/mol. The molecule has 25 heavy (non-hydrogen) atoms. The second kappa shape index (κ2) is 7.50. The number of nitrogens with zero attached hydrogens (tertiary/aromatic N) is 3. The lowest BCUT2D eigenvalue weighted by molar-refractivity contribution is 0.0661. The zero-order valence-corrected chi connectivity index (χ0v) is 16.1. The molecule has 6 nitrogen and oxygen atoms in total. The van der Waals surface area contributed by atoms with Gasteiger partial charge >= 0.3 is 0 Å². The minimum atomic E-state index is -3.50. The Hall–Kier alpha value is -1.34. The van der Waals surface area contributed by atoms with Crippen LogP contribution in [0.5, 0.6) is 0 Å². The predicted molar refractivity (Wildman–Crippen MR) is 96.9 cm³/mol. The number of aryl methyl sites for hydroxylation is 1. The fourth-order valence-corrected chi connectivity index (χ4v) is 5.48. The van der Waals surface area contributed by atoms with Gasteiger partial charge in [-0.2, -0.15) is 4.31 Å². The number of amides is 1. The van der Waals surface area contributed by atoms with Gasteiger partial charge in [0.05, 0.1) is 0 Å². The van der Waals surface area contributed by atoms with E-state index in [4.69, 9.17) is 0 Å². The van der Waals surface area contributed by atoms with Crippen molar-refractivity contribution >= 4 is 15.9 Å². The van der Waals surface area contributed by atoms with E-state index in [0.29, 0.717) is 24.7 Å². The molecular formula is C18H29N3O3S. The summed E-state index contributed by atoms with van der Waals surface area (Å²) in [5.41, 5.74) is 0.465. The van der Waals surface area contributed by atoms with Gasteiger partial charge in [0.25, 0.3) is 5.91 Å². The molecule has 1 atom stereocenters. The average molecular weight is 368 g/mol. The second-order valence-corrected chi connectivity index (χ2v) is 9.24. The SMILES string of the molecule is CCC1CCCN(C(=O)c2cc(S(=O)(=O)N3CCCCC3)cn2C)C1.